The molecule has 0 spiro atoms. The lowest BCUT2D eigenvalue weighted by Crippen LogP contribution is -2.11. The normalized spacial score (nSPS) is 12.1. The average Bonchev–Trinajstić information content (AvgIpc) is 2.59. The first-order valence-electron chi connectivity index (χ1n) is 7.94. The van der Waals surface area contributed by atoms with E-state index in [1.54, 1.807) is 0 Å². The summed E-state index contributed by atoms with van der Waals surface area (Å²) >= 11 is 0. The molecule has 0 saturated heterocycles. The number of unbranched alkanes of at least 4 members (excludes halogenated alkanes) is 1. The van der Waals surface area contributed by atoms with E-state index in [4.69, 9.17) is 9.47 Å². The van der Waals surface area contributed by atoms with Crippen molar-refractivity contribution in [3.8, 4) is 0 Å². The van der Waals surface area contributed by atoms with Crippen molar-refractivity contribution in [2.75, 3.05) is 6.61 Å². The molecule has 0 N–H and O–H groups in total. The summed E-state index contributed by atoms with van der Waals surface area (Å²) in [6, 6.07) is 9.18. The zero-order valence-electron chi connectivity index (χ0n) is 13.7. The van der Waals surface area contributed by atoms with Crippen molar-refractivity contribution in [2.24, 2.45) is 16.1 Å². The summed E-state index contributed by atoms with van der Waals surface area (Å²) in [4.78, 5) is 22.8. The molecule has 0 fully saturated rings. The number of ether oxygens (including phenoxy) is 2. The predicted octanol–water partition coefficient (Wildman–Crippen LogP) is 5.13. The molecule has 6 heteroatoms. The molecule has 2 amide bonds. The van der Waals surface area contributed by atoms with Gasteiger partial charge in [0.25, 0.3) is 0 Å². The predicted molar refractivity (Wildman–Crippen MR) is 86.1 cm³/mol. The summed E-state index contributed by atoms with van der Waals surface area (Å²) in [5.74, 6) is 0.319. The second-order valence-electron chi connectivity index (χ2n) is 5.23. The fourth-order valence-electron chi connectivity index (χ4n) is 1.95. The highest BCUT2D eigenvalue weighted by molar-refractivity contribution is 5.73. The van der Waals surface area contributed by atoms with Gasteiger partial charge in [0.15, 0.2) is 0 Å². The molecular formula is C17H24N2O4. The molecule has 6 nitrogen and oxygen atoms in total. The Morgan fingerprint density at radius 1 is 1.04 bits per heavy atom. The molecule has 23 heavy (non-hydrogen) atoms. The van der Waals surface area contributed by atoms with Crippen LogP contribution < -0.4 is 0 Å². The minimum atomic E-state index is -0.913. The monoisotopic (exact) mass is 320 g/mol. The number of rotatable bonds is 8. The van der Waals surface area contributed by atoms with Gasteiger partial charge in [-0.25, -0.2) is 9.59 Å². The lowest BCUT2D eigenvalue weighted by molar-refractivity contribution is 0.127. The first-order chi connectivity index (χ1) is 11.2. The van der Waals surface area contributed by atoms with E-state index in [1.807, 2.05) is 30.3 Å². The van der Waals surface area contributed by atoms with Crippen LogP contribution in [0.1, 0.15) is 45.1 Å². The molecule has 0 aliphatic rings. The lowest BCUT2D eigenvalue weighted by atomic mass is 10.0. The van der Waals surface area contributed by atoms with Crippen LogP contribution >= 0.6 is 0 Å². The molecule has 1 rings (SSSR count). The van der Waals surface area contributed by atoms with Gasteiger partial charge < -0.3 is 9.47 Å². The molecule has 1 atom stereocenters. The molecule has 1 aromatic rings. The van der Waals surface area contributed by atoms with Crippen LogP contribution in [-0.2, 0) is 16.1 Å². The van der Waals surface area contributed by atoms with Crippen molar-refractivity contribution < 1.29 is 19.1 Å². The van der Waals surface area contributed by atoms with Crippen molar-refractivity contribution in [1.29, 1.82) is 0 Å². The summed E-state index contributed by atoms with van der Waals surface area (Å²) < 4.78 is 9.87. The van der Waals surface area contributed by atoms with Crippen LogP contribution in [0.5, 0.6) is 0 Å². The first kappa shape index (κ1) is 18.8. The van der Waals surface area contributed by atoms with Crippen LogP contribution in [0.25, 0.3) is 0 Å². The first-order valence-corrected chi connectivity index (χ1v) is 7.94. The summed E-state index contributed by atoms with van der Waals surface area (Å²) in [7, 11) is 0. The number of nitrogens with zero attached hydrogens (tertiary/aromatic N) is 2. The maximum atomic E-state index is 11.4. The lowest BCUT2D eigenvalue weighted by Gasteiger charge is -2.12. The zero-order valence-corrected chi connectivity index (χ0v) is 13.7. The van der Waals surface area contributed by atoms with Crippen molar-refractivity contribution >= 4 is 12.2 Å². The second kappa shape index (κ2) is 11.3. The van der Waals surface area contributed by atoms with Gasteiger partial charge in [0.05, 0.1) is 6.61 Å². The van der Waals surface area contributed by atoms with Gasteiger partial charge >= 0.3 is 12.2 Å². The molecule has 0 heterocycles. The second-order valence-corrected chi connectivity index (χ2v) is 5.23. The highest BCUT2D eigenvalue weighted by Gasteiger charge is 2.10. The largest absolute Gasteiger partial charge is 0.452 e. The van der Waals surface area contributed by atoms with Gasteiger partial charge in [0.2, 0.25) is 0 Å². The van der Waals surface area contributed by atoms with Crippen molar-refractivity contribution in [1.82, 2.24) is 0 Å². The van der Waals surface area contributed by atoms with Crippen molar-refractivity contribution in [3.05, 3.63) is 35.9 Å². The fraction of sp³-hybridized carbons (Fsp3) is 0.529. The minimum absolute atomic E-state index is 0.0860. The van der Waals surface area contributed by atoms with Gasteiger partial charge in [-0.15, -0.1) is 0 Å². The fourth-order valence-corrected chi connectivity index (χ4v) is 1.95. The quantitative estimate of drug-likeness (QED) is 0.622. The number of azo groups is 1. The Morgan fingerprint density at radius 2 is 1.70 bits per heavy atom. The Morgan fingerprint density at radius 3 is 2.30 bits per heavy atom. The maximum absolute atomic E-state index is 11.4. The highest BCUT2D eigenvalue weighted by Crippen LogP contribution is 2.13. The third-order valence-electron chi connectivity index (χ3n) is 3.40. The Kier molecular flexibility index (Phi) is 9.28. The number of carbonyl (C=O) groups is 2. The van der Waals surface area contributed by atoms with Gasteiger partial charge in [0.1, 0.15) is 6.61 Å². The van der Waals surface area contributed by atoms with E-state index >= 15 is 0 Å². The van der Waals surface area contributed by atoms with Crippen molar-refractivity contribution in [2.45, 2.75) is 46.1 Å². The molecule has 0 aliphatic carbocycles. The van der Waals surface area contributed by atoms with Gasteiger partial charge in [-0.1, -0.05) is 73.7 Å². The molecular weight excluding hydrogens is 296 g/mol. The number of benzene rings is 1. The molecule has 0 bridgehead atoms. The summed E-state index contributed by atoms with van der Waals surface area (Å²) in [6.07, 6.45) is 2.38. The molecule has 0 aliphatic heterocycles. The standard InChI is InChI=1S/C17H24N2O4/c1-3-5-9-14(4-2)12-22-16(20)18-19-17(21)23-13-15-10-7-6-8-11-15/h6-8,10-11,14H,3-5,9,12-13H2,1-2H3. The van der Waals surface area contributed by atoms with Crippen LogP contribution in [0.15, 0.2) is 40.6 Å². The Balaban J connectivity index is 2.26. The van der Waals surface area contributed by atoms with Crippen LogP contribution in [-0.4, -0.2) is 18.8 Å². The van der Waals surface area contributed by atoms with Gasteiger partial charge in [-0.05, 0) is 17.9 Å². The van der Waals surface area contributed by atoms with E-state index in [0.29, 0.717) is 12.5 Å². The highest BCUT2D eigenvalue weighted by atomic mass is 16.6. The summed E-state index contributed by atoms with van der Waals surface area (Å²) in [5.41, 5.74) is 0.834. The van der Waals surface area contributed by atoms with E-state index in [-0.39, 0.29) is 6.61 Å². The summed E-state index contributed by atoms with van der Waals surface area (Å²) in [5, 5.41) is 6.41. The molecule has 0 aromatic heterocycles. The Hall–Kier alpha value is -2.24. The Bertz CT molecular complexity index is 503. The third-order valence-corrected chi connectivity index (χ3v) is 3.40. The van der Waals surface area contributed by atoms with E-state index in [1.165, 1.54) is 0 Å². The van der Waals surface area contributed by atoms with Crippen LogP contribution in [0.2, 0.25) is 0 Å². The molecule has 126 valence electrons. The van der Waals surface area contributed by atoms with Crippen LogP contribution in [0.3, 0.4) is 0 Å². The number of carbonyl (C=O) groups excluding carboxylic acids is 2. The third kappa shape index (κ3) is 8.70. The van der Waals surface area contributed by atoms with E-state index in [2.05, 4.69) is 24.1 Å². The number of amides is 2. The number of hydrogen-bond donors (Lipinski definition) is 0. The SMILES string of the molecule is CCCCC(CC)COC(=O)N=NC(=O)OCc1ccccc1. The van der Waals surface area contributed by atoms with Gasteiger partial charge in [-0.2, -0.15) is 0 Å². The molecule has 0 radical (unpaired) electrons. The smallest absolute Gasteiger partial charge is 0.447 e. The van der Waals surface area contributed by atoms with Crippen LogP contribution in [0.4, 0.5) is 9.59 Å². The van der Waals surface area contributed by atoms with E-state index < -0.39 is 12.2 Å². The molecule has 0 saturated carbocycles. The van der Waals surface area contributed by atoms with E-state index in [9.17, 15) is 9.59 Å². The maximum Gasteiger partial charge on any atom is 0.452 e. The zero-order chi connectivity index (χ0) is 16.9. The van der Waals surface area contributed by atoms with E-state index in [0.717, 1.165) is 31.2 Å². The average molecular weight is 320 g/mol. The molecule has 1 unspecified atom stereocenters. The minimum Gasteiger partial charge on any atom is -0.447 e. The van der Waals surface area contributed by atoms with Gasteiger partial charge in [0, 0.05) is 0 Å². The van der Waals surface area contributed by atoms with Gasteiger partial charge in [-0.3, -0.25) is 0 Å². The summed E-state index contributed by atoms with van der Waals surface area (Å²) in [6.45, 7) is 4.56. The molecule has 1 aromatic carbocycles. The van der Waals surface area contributed by atoms with Crippen LogP contribution in [0, 0.1) is 5.92 Å². The number of hydrogen-bond acceptors (Lipinski definition) is 4. The Labute approximate surface area is 136 Å². The van der Waals surface area contributed by atoms with Crippen molar-refractivity contribution in [3.63, 3.8) is 0 Å². The topological polar surface area (TPSA) is 77.3 Å².